The lowest BCUT2D eigenvalue weighted by atomic mass is 9.96. The number of anilines is 1. The summed E-state index contributed by atoms with van der Waals surface area (Å²) in [4.78, 5) is 31.2. The number of nitrogen functional groups attached to an aromatic ring is 1. The van der Waals surface area contributed by atoms with Crippen LogP contribution in [-0.2, 0) is 17.5 Å². The quantitative estimate of drug-likeness (QED) is 0.189. The van der Waals surface area contributed by atoms with E-state index in [1.165, 1.54) is 46.7 Å². The standard InChI is InChI=1S/C31H26F4N4O2S/c1-18-12-26(42-27(18)15-38-29(40)11-3-19-2-10-28(36)37-14-19)24-9-8-22(13-25(24)31(33,34)35)20-4-6-21(7-5-20)30(41)39-16-23(32)17-39/h2-14,23H,15-17H2,1H3,(H2,36,37)(H,38,40)/b11-3+. The maximum absolute atomic E-state index is 14.2. The van der Waals surface area contributed by atoms with Gasteiger partial charge in [0.1, 0.15) is 12.0 Å². The van der Waals surface area contributed by atoms with E-state index in [2.05, 4.69) is 10.3 Å². The number of likely N-dealkylation sites (tertiary alicyclic amines) is 1. The minimum Gasteiger partial charge on any atom is -0.384 e. The number of hydrogen-bond donors (Lipinski definition) is 2. The van der Waals surface area contributed by atoms with E-state index in [0.29, 0.717) is 32.9 Å². The number of alkyl halides is 4. The van der Waals surface area contributed by atoms with Crippen molar-refractivity contribution in [1.82, 2.24) is 15.2 Å². The van der Waals surface area contributed by atoms with Crippen LogP contribution >= 0.6 is 11.3 Å². The Bertz CT molecular complexity index is 1640. The molecular formula is C31H26F4N4O2S. The number of nitrogens with zero attached hydrogens (tertiary/aromatic N) is 2. The van der Waals surface area contributed by atoms with Crippen molar-refractivity contribution in [3.8, 4) is 21.6 Å². The molecule has 0 bridgehead atoms. The number of carbonyl (C=O) groups is 2. The van der Waals surface area contributed by atoms with Crippen molar-refractivity contribution in [2.45, 2.75) is 25.8 Å². The Morgan fingerprint density at radius 1 is 1.07 bits per heavy atom. The fourth-order valence-corrected chi connectivity index (χ4v) is 5.65. The summed E-state index contributed by atoms with van der Waals surface area (Å²) in [5.41, 5.74) is 7.49. The normalized spacial score (nSPS) is 13.8. The summed E-state index contributed by atoms with van der Waals surface area (Å²) in [5, 5.41) is 2.76. The molecule has 11 heteroatoms. The maximum Gasteiger partial charge on any atom is 0.417 e. The van der Waals surface area contributed by atoms with Gasteiger partial charge in [-0.2, -0.15) is 13.2 Å². The molecule has 0 saturated carbocycles. The zero-order valence-electron chi connectivity index (χ0n) is 22.4. The highest BCUT2D eigenvalue weighted by Crippen LogP contribution is 2.42. The molecule has 5 rings (SSSR count). The van der Waals surface area contributed by atoms with Gasteiger partial charge in [-0.15, -0.1) is 11.3 Å². The first-order valence-corrected chi connectivity index (χ1v) is 13.8. The van der Waals surface area contributed by atoms with E-state index < -0.39 is 17.9 Å². The fourth-order valence-electron chi connectivity index (χ4n) is 4.49. The lowest BCUT2D eigenvalue weighted by Crippen LogP contribution is -2.51. The van der Waals surface area contributed by atoms with Crippen molar-refractivity contribution in [3.63, 3.8) is 0 Å². The molecule has 4 aromatic rings. The molecule has 3 N–H and O–H groups in total. The van der Waals surface area contributed by atoms with Gasteiger partial charge < -0.3 is 16.0 Å². The van der Waals surface area contributed by atoms with Gasteiger partial charge in [-0.25, -0.2) is 9.37 Å². The number of hydrogen-bond acceptors (Lipinski definition) is 5. The Balaban J connectivity index is 1.32. The maximum atomic E-state index is 14.2. The third-order valence-corrected chi connectivity index (χ3v) is 8.13. The average molecular weight is 595 g/mol. The number of rotatable bonds is 7. The molecule has 216 valence electrons. The van der Waals surface area contributed by atoms with Crippen LogP contribution in [-0.4, -0.2) is 41.0 Å². The molecule has 0 unspecified atom stereocenters. The van der Waals surface area contributed by atoms with Crippen molar-refractivity contribution in [1.29, 1.82) is 0 Å². The van der Waals surface area contributed by atoms with E-state index >= 15 is 0 Å². The number of nitrogens with one attached hydrogen (secondary N) is 1. The molecule has 1 aliphatic heterocycles. The number of benzene rings is 2. The summed E-state index contributed by atoms with van der Waals surface area (Å²) in [6.07, 6.45) is -1.16. The van der Waals surface area contributed by atoms with E-state index in [1.807, 2.05) is 0 Å². The predicted molar refractivity (Wildman–Crippen MR) is 155 cm³/mol. The Morgan fingerprint density at radius 3 is 2.43 bits per heavy atom. The Kier molecular flexibility index (Phi) is 8.13. The van der Waals surface area contributed by atoms with Gasteiger partial charge in [0, 0.05) is 33.2 Å². The van der Waals surface area contributed by atoms with E-state index in [4.69, 9.17) is 5.73 Å². The lowest BCUT2D eigenvalue weighted by Gasteiger charge is -2.34. The van der Waals surface area contributed by atoms with Gasteiger partial charge in [0.15, 0.2) is 0 Å². The van der Waals surface area contributed by atoms with Crippen molar-refractivity contribution in [3.05, 3.63) is 100 Å². The monoisotopic (exact) mass is 594 g/mol. The SMILES string of the molecule is Cc1cc(-c2ccc(-c3ccc(C(=O)N4CC(F)C4)cc3)cc2C(F)(F)F)sc1CNC(=O)/C=C/c1ccc(N)nc1. The molecule has 2 amide bonds. The largest absolute Gasteiger partial charge is 0.417 e. The van der Waals surface area contributed by atoms with E-state index in [1.54, 1.807) is 49.4 Å². The first-order chi connectivity index (χ1) is 20.0. The second-order valence-corrected chi connectivity index (χ2v) is 11.1. The second kappa shape index (κ2) is 11.8. The van der Waals surface area contributed by atoms with Gasteiger partial charge in [-0.05, 0) is 71.7 Å². The first-order valence-electron chi connectivity index (χ1n) is 13.0. The summed E-state index contributed by atoms with van der Waals surface area (Å²) < 4.78 is 55.8. The Labute approximate surface area is 243 Å². The number of carbonyl (C=O) groups excluding carboxylic acids is 2. The fraction of sp³-hybridized carbons (Fsp3) is 0.194. The van der Waals surface area contributed by atoms with E-state index in [0.717, 1.165) is 16.5 Å². The number of thiophene rings is 1. The minimum absolute atomic E-state index is 0.0398. The Hall–Kier alpha value is -4.51. The number of aryl methyl sites for hydroxylation is 1. The zero-order chi connectivity index (χ0) is 30.0. The van der Waals surface area contributed by atoms with E-state index in [-0.39, 0.29) is 37.0 Å². The van der Waals surface area contributed by atoms with Crippen LogP contribution in [0.5, 0.6) is 0 Å². The molecule has 0 spiro atoms. The smallest absolute Gasteiger partial charge is 0.384 e. The van der Waals surface area contributed by atoms with Crippen LogP contribution in [0.15, 0.2) is 72.9 Å². The van der Waals surface area contributed by atoms with Crippen molar-refractivity contribution in [2.24, 2.45) is 0 Å². The molecule has 0 radical (unpaired) electrons. The number of halogens is 4. The van der Waals surface area contributed by atoms with Gasteiger partial charge in [0.25, 0.3) is 5.91 Å². The molecule has 1 fully saturated rings. The van der Waals surface area contributed by atoms with Crippen LogP contribution in [0.3, 0.4) is 0 Å². The molecule has 2 aromatic heterocycles. The second-order valence-electron chi connectivity index (χ2n) is 9.93. The lowest BCUT2D eigenvalue weighted by molar-refractivity contribution is -0.137. The van der Waals surface area contributed by atoms with Gasteiger partial charge in [0.05, 0.1) is 25.2 Å². The third-order valence-electron chi connectivity index (χ3n) is 6.86. The van der Waals surface area contributed by atoms with Gasteiger partial charge in [-0.1, -0.05) is 24.3 Å². The van der Waals surface area contributed by atoms with Crippen molar-refractivity contribution < 1.29 is 27.2 Å². The Morgan fingerprint density at radius 2 is 1.79 bits per heavy atom. The zero-order valence-corrected chi connectivity index (χ0v) is 23.2. The van der Waals surface area contributed by atoms with Crippen LogP contribution in [0.1, 0.15) is 31.9 Å². The summed E-state index contributed by atoms with van der Waals surface area (Å²) in [5.74, 6) is -0.296. The van der Waals surface area contributed by atoms with Crippen LogP contribution < -0.4 is 11.1 Å². The molecule has 0 aliphatic carbocycles. The van der Waals surface area contributed by atoms with Crippen LogP contribution in [0, 0.1) is 6.92 Å². The van der Waals surface area contributed by atoms with Crippen LogP contribution in [0.25, 0.3) is 27.6 Å². The predicted octanol–water partition coefficient (Wildman–Crippen LogP) is 6.51. The van der Waals surface area contributed by atoms with Crippen LogP contribution in [0.2, 0.25) is 0 Å². The van der Waals surface area contributed by atoms with E-state index in [9.17, 15) is 27.2 Å². The molecule has 2 aromatic carbocycles. The number of amides is 2. The van der Waals surface area contributed by atoms with Gasteiger partial charge >= 0.3 is 6.18 Å². The highest BCUT2D eigenvalue weighted by Gasteiger charge is 2.35. The number of pyridine rings is 1. The highest BCUT2D eigenvalue weighted by atomic mass is 32.1. The molecule has 42 heavy (non-hydrogen) atoms. The van der Waals surface area contributed by atoms with Gasteiger partial charge in [0.2, 0.25) is 5.91 Å². The molecule has 1 saturated heterocycles. The van der Waals surface area contributed by atoms with Crippen LogP contribution in [0.4, 0.5) is 23.4 Å². The third kappa shape index (κ3) is 6.52. The van der Waals surface area contributed by atoms with Gasteiger partial charge in [-0.3, -0.25) is 9.59 Å². The average Bonchev–Trinajstić information content (AvgIpc) is 3.33. The first kappa shape index (κ1) is 29.0. The summed E-state index contributed by atoms with van der Waals surface area (Å²) in [6.45, 7) is 2.04. The van der Waals surface area contributed by atoms with Crippen molar-refractivity contribution >= 4 is 35.0 Å². The van der Waals surface area contributed by atoms with Crippen molar-refractivity contribution in [2.75, 3.05) is 18.8 Å². The number of nitrogens with two attached hydrogens (primary N) is 1. The molecule has 6 nitrogen and oxygen atoms in total. The molecule has 3 heterocycles. The topological polar surface area (TPSA) is 88.3 Å². The number of aromatic nitrogens is 1. The summed E-state index contributed by atoms with van der Waals surface area (Å²) in [6, 6.07) is 15.4. The minimum atomic E-state index is -4.62. The molecule has 0 atom stereocenters. The molecular weight excluding hydrogens is 568 g/mol. The summed E-state index contributed by atoms with van der Waals surface area (Å²) in [7, 11) is 0. The highest BCUT2D eigenvalue weighted by molar-refractivity contribution is 7.15. The molecule has 1 aliphatic rings. The summed E-state index contributed by atoms with van der Waals surface area (Å²) >= 11 is 1.19.